The average Bonchev–Trinajstić information content (AvgIpc) is 2.39. The Labute approximate surface area is 108 Å². The van der Waals surface area contributed by atoms with Crippen LogP contribution in [0.4, 0.5) is 0 Å². The van der Waals surface area contributed by atoms with Gasteiger partial charge in [-0.25, -0.2) is 0 Å². The van der Waals surface area contributed by atoms with Crippen LogP contribution in [0.1, 0.15) is 20.8 Å². The summed E-state index contributed by atoms with van der Waals surface area (Å²) in [6, 6.07) is 0. The first-order valence-corrected chi connectivity index (χ1v) is 6.40. The van der Waals surface area contributed by atoms with E-state index in [1.54, 1.807) is 0 Å². The van der Waals surface area contributed by atoms with E-state index in [0.29, 0.717) is 32.0 Å². The topological polar surface area (TPSA) is 54.0 Å². The largest absolute Gasteiger partial charge is 0.492 e. The van der Waals surface area contributed by atoms with Crippen molar-refractivity contribution < 1.29 is 23.7 Å². The zero-order valence-electron chi connectivity index (χ0n) is 11.3. The number of hydrogen-bond acceptors (Lipinski definition) is 5. The fraction of sp³-hybridized carbons (Fsp3) is 0.769. The quantitative estimate of drug-likeness (QED) is 0.614. The smallest absolute Gasteiger partial charge is 0.151 e. The second-order valence-corrected chi connectivity index (χ2v) is 3.87. The van der Waals surface area contributed by atoms with Crippen LogP contribution in [0.3, 0.4) is 0 Å². The Balaban J connectivity index is 2.80. The van der Waals surface area contributed by atoms with Crippen LogP contribution in [0.2, 0.25) is 0 Å². The highest BCUT2D eigenvalue weighted by atomic mass is 16.6. The Morgan fingerprint density at radius 3 is 2.50 bits per heavy atom. The van der Waals surface area contributed by atoms with Gasteiger partial charge >= 0.3 is 0 Å². The summed E-state index contributed by atoms with van der Waals surface area (Å²) >= 11 is 0. The first kappa shape index (κ1) is 15.1. The Kier molecular flexibility index (Phi) is 6.93. The highest BCUT2D eigenvalue weighted by Crippen LogP contribution is 2.24. The molecule has 0 radical (unpaired) electrons. The highest BCUT2D eigenvalue weighted by Gasteiger charge is 2.38. The van der Waals surface area contributed by atoms with Crippen molar-refractivity contribution in [2.45, 2.75) is 39.1 Å². The van der Waals surface area contributed by atoms with E-state index in [1.165, 1.54) is 6.26 Å². The van der Waals surface area contributed by atoms with Gasteiger partial charge in [-0.1, -0.05) is 0 Å². The molecule has 0 bridgehead atoms. The van der Waals surface area contributed by atoms with Gasteiger partial charge in [-0.3, -0.25) is 4.79 Å². The molecule has 5 heteroatoms. The molecule has 1 heterocycles. The Morgan fingerprint density at radius 1 is 1.22 bits per heavy atom. The van der Waals surface area contributed by atoms with Crippen molar-refractivity contribution in [2.24, 2.45) is 0 Å². The van der Waals surface area contributed by atoms with Gasteiger partial charge in [0, 0.05) is 19.8 Å². The SMILES string of the molecule is CCOC[C@H]1OC=C(C=O)[C@@H](OCC)[C@@H]1OCC. The molecule has 1 rings (SSSR count). The molecule has 0 amide bonds. The zero-order valence-corrected chi connectivity index (χ0v) is 11.3. The lowest BCUT2D eigenvalue weighted by Gasteiger charge is -2.36. The van der Waals surface area contributed by atoms with Crippen LogP contribution < -0.4 is 0 Å². The summed E-state index contributed by atoms with van der Waals surface area (Å²) in [5.41, 5.74) is 0.475. The number of ether oxygens (including phenoxy) is 4. The maximum atomic E-state index is 11.0. The van der Waals surface area contributed by atoms with E-state index in [-0.39, 0.29) is 18.3 Å². The van der Waals surface area contributed by atoms with Crippen LogP contribution in [-0.4, -0.2) is 51.0 Å². The van der Waals surface area contributed by atoms with Gasteiger partial charge in [0.05, 0.1) is 18.4 Å². The zero-order chi connectivity index (χ0) is 13.4. The Bertz CT molecular complexity index is 277. The van der Waals surface area contributed by atoms with Gasteiger partial charge in [0.25, 0.3) is 0 Å². The molecule has 1 aliphatic rings. The molecule has 3 atom stereocenters. The number of carbonyl (C=O) groups is 1. The van der Waals surface area contributed by atoms with Gasteiger partial charge in [-0.05, 0) is 20.8 Å². The third-order valence-corrected chi connectivity index (χ3v) is 2.70. The van der Waals surface area contributed by atoms with Gasteiger partial charge in [0.2, 0.25) is 0 Å². The van der Waals surface area contributed by atoms with Crippen molar-refractivity contribution in [3.63, 3.8) is 0 Å². The van der Waals surface area contributed by atoms with Crippen LogP contribution in [0.25, 0.3) is 0 Å². The molecule has 5 nitrogen and oxygen atoms in total. The van der Waals surface area contributed by atoms with Crippen LogP contribution in [-0.2, 0) is 23.7 Å². The van der Waals surface area contributed by atoms with Crippen molar-refractivity contribution in [1.29, 1.82) is 0 Å². The van der Waals surface area contributed by atoms with E-state index in [0.717, 1.165) is 6.29 Å². The fourth-order valence-electron chi connectivity index (χ4n) is 1.92. The van der Waals surface area contributed by atoms with Gasteiger partial charge in [-0.2, -0.15) is 0 Å². The molecule has 0 saturated carbocycles. The standard InChI is InChI=1S/C13H22O5/c1-4-15-9-11-13(17-6-3)12(16-5-2)10(7-14)8-18-11/h7-8,11-13H,4-6,9H2,1-3H3/t11-,12-,13-/m1/s1. The van der Waals surface area contributed by atoms with Crippen LogP contribution >= 0.6 is 0 Å². The Hall–Kier alpha value is -0.910. The minimum Gasteiger partial charge on any atom is -0.492 e. The number of rotatable bonds is 8. The van der Waals surface area contributed by atoms with Crippen LogP contribution in [0.15, 0.2) is 11.8 Å². The molecule has 0 saturated heterocycles. The lowest BCUT2D eigenvalue weighted by molar-refractivity contribution is -0.142. The van der Waals surface area contributed by atoms with E-state index < -0.39 is 0 Å². The van der Waals surface area contributed by atoms with Gasteiger partial charge < -0.3 is 18.9 Å². The lowest BCUT2D eigenvalue weighted by atomic mass is 9.99. The second kappa shape index (κ2) is 8.24. The molecule has 104 valence electrons. The summed E-state index contributed by atoms with van der Waals surface area (Å²) in [5, 5.41) is 0. The summed E-state index contributed by atoms with van der Waals surface area (Å²) in [4.78, 5) is 11.0. The van der Waals surface area contributed by atoms with Crippen molar-refractivity contribution in [3.8, 4) is 0 Å². The molecule has 1 aliphatic heterocycles. The molecule has 0 N–H and O–H groups in total. The maximum absolute atomic E-state index is 11.0. The predicted molar refractivity (Wildman–Crippen MR) is 66.3 cm³/mol. The second-order valence-electron chi connectivity index (χ2n) is 3.87. The van der Waals surface area contributed by atoms with Crippen LogP contribution in [0, 0.1) is 0 Å². The van der Waals surface area contributed by atoms with E-state index in [9.17, 15) is 4.79 Å². The number of aldehydes is 1. The third-order valence-electron chi connectivity index (χ3n) is 2.70. The minimum atomic E-state index is -0.383. The van der Waals surface area contributed by atoms with Crippen LogP contribution in [0.5, 0.6) is 0 Å². The van der Waals surface area contributed by atoms with Gasteiger partial charge in [0.1, 0.15) is 18.3 Å². The summed E-state index contributed by atoms with van der Waals surface area (Å²) < 4.78 is 22.1. The van der Waals surface area contributed by atoms with Gasteiger partial charge in [-0.15, -0.1) is 0 Å². The molecule has 0 fully saturated rings. The number of hydrogen-bond donors (Lipinski definition) is 0. The lowest BCUT2D eigenvalue weighted by Crippen LogP contribution is -2.48. The maximum Gasteiger partial charge on any atom is 0.151 e. The Morgan fingerprint density at radius 2 is 1.94 bits per heavy atom. The summed E-state index contributed by atoms with van der Waals surface area (Å²) in [6.45, 7) is 7.80. The van der Waals surface area contributed by atoms with Crippen molar-refractivity contribution in [3.05, 3.63) is 11.8 Å². The molecule has 0 unspecified atom stereocenters. The third kappa shape index (κ3) is 3.80. The van der Waals surface area contributed by atoms with E-state index >= 15 is 0 Å². The fourth-order valence-corrected chi connectivity index (χ4v) is 1.92. The molecule has 0 spiro atoms. The molecule has 0 aliphatic carbocycles. The average molecular weight is 258 g/mol. The van der Waals surface area contributed by atoms with E-state index in [2.05, 4.69) is 0 Å². The molecule has 0 aromatic rings. The van der Waals surface area contributed by atoms with Crippen molar-refractivity contribution >= 4 is 6.29 Å². The monoisotopic (exact) mass is 258 g/mol. The molecular weight excluding hydrogens is 236 g/mol. The summed E-state index contributed by atoms with van der Waals surface area (Å²) in [5.74, 6) is 0. The van der Waals surface area contributed by atoms with E-state index in [4.69, 9.17) is 18.9 Å². The molecular formula is C13H22O5. The first-order valence-electron chi connectivity index (χ1n) is 6.40. The summed E-state index contributed by atoms with van der Waals surface area (Å²) in [7, 11) is 0. The van der Waals surface area contributed by atoms with Crippen molar-refractivity contribution in [2.75, 3.05) is 26.4 Å². The minimum absolute atomic E-state index is 0.245. The molecule has 0 aromatic heterocycles. The highest BCUT2D eigenvalue weighted by molar-refractivity contribution is 5.74. The van der Waals surface area contributed by atoms with Crippen molar-refractivity contribution in [1.82, 2.24) is 0 Å². The van der Waals surface area contributed by atoms with E-state index in [1.807, 2.05) is 20.8 Å². The summed E-state index contributed by atoms with van der Waals surface area (Å²) in [6.07, 6.45) is 1.26. The first-order chi connectivity index (χ1) is 8.78. The normalized spacial score (nSPS) is 27.5. The number of carbonyl (C=O) groups excluding carboxylic acids is 1. The molecule has 18 heavy (non-hydrogen) atoms. The van der Waals surface area contributed by atoms with Gasteiger partial charge in [0.15, 0.2) is 6.29 Å². The predicted octanol–water partition coefficient (Wildman–Crippen LogP) is 1.31. The molecule has 0 aromatic carbocycles.